The van der Waals surface area contributed by atoms with Crippen molar-refractivity contribution in [2.75, 3.05) is 31.2 Å². The van der Waals surface area contributed by atoms with E-state index in [-0.39, 0.29) is 18.0 Å². The van der Waals surface area contributed by atoms with Gasteiger partial charge in [0.2, 0.25) is 5.78 Å². The van der Waals surface area contributed by atoms with Crippen LogP contribution in [0.2, 0.25) is 0 Å². The van der Waals surface area contributed by atoms with E-state index in [1.165, 1.54) is 0 Å². The number of nitrogens with zero attached hydrogens (tertiary/aromatic N) is 4. The molecule has 1 saturated heterocycles. The Kier molecular flexibility index (Phi) is 8.05. The number of benzene rings is 2. The molecule has 0 radical (unpaired) electrons. The minimum atomic E-state index is -1.04. The van der Waals surface area contributed by atoms with E-state index in [2.05, 4.69) is 32.7 Å². The molecule has 0 spiro atoms. The summed E-state index contributed by atoms with van der Waals surface area (Å²) >= 11 is 0. The summed E-state index contributed by atoms with van der Waals surface area (Å²) < 4.78 is 7.03. The lowest BCUT2D eigenvalue weighted by atomic mass is 10.0. The van der Waals surface area contributed by atoms with E-state index in [1.54, 1.807) is 29.2 Å². The molecule has 10 nitrogen and oxygen atoms in total. The van der Waals surface area contributed by atoms with Crippen LogP contribution in [0.5, 0.6) is 0 Å². The number of carbonyl (C=O) groups excluding carboxylic acids is 3. The standard InChI is InChI=1S/C32H32N6O4/c39-29(32(41)34-24-11-12-24)28(20-22-6-2-1-3-7-22)35-31(40)26-10-5-14-33-30(26)38-15-13-27(36-38)23-8-4-9-25(21-23)37-16-18-42-19-17-37/h1-10,13-15,21,24,28H,11-12,16-20H2,(H,34,41)(H,35,40). The molecule has 1 saturated carbocycles. The lowest BCUT2D eigenvalue weighted by Crippen LogP contribution is -2.49. The highest BCUT2D eigenvalue weighted by molar-refractivity contribution is 6.38. The minimum absolute atomic E-state index is 0.0306. The Morgan fingerprint density at radius 2 is 1.76 bits per heavy atom. The maximum atomic E-state index is 13.6. The molecular weight excluding hydrogens is 532 g/mol. The molecule has 4 aromatic rings. The first kappa shape index (κ1) is 27.3. The number of rotatable bonds is 10. The van der Waals surface area contributed by atoms with Crippen LogP contribution in [0.25, 0.3) is 17.1 Å². The number of amides is 2. The van der Waals surface area contributed by atoms with Gasteiger partial charge in [-0.05, 0) is 48.7 Å². The number of hydrogen-bond acceptors (Lipinski definition) is 7. The van der Waals surface area contributed by atoms with Gasteiger partial charge in [0, 0.05) is 49.2 Å². The van der Waals surface area contributed by atoms with Crippen molar-refractivity contribution >= 4 is 23.3 Å². The fraction of sp³-hybridized carbons (Fsp3) is 0.281. The molecule has 1 aliphatic heterocycles. The highest BCUT2D eigenvalue weighted by atomic mass is 16.5. The number of Topliss-reactive ketones (excluding diaryl/α,β-unsaturated/α-hetero) is 1. The van der Waals surface area contributed by atoms with E-state index in [9.17, 15) is 14.4 Å². The first-order valence-corrected chi connectivity index (χ1v) is 14.2. The number of ketones is 1. The van der Waals surface area contributed by atoms with E-state index in [0.29, 0.717) is 19.0 Å². The Labute approximate surface area is 243 Å². The van der Waals surface area contributed by atoms with Crippen LogP contribution >= 0.6 is 0 Å². The molecule has 1 unspecified atom stereocenters. The second kappa shape index (κ2) is 12.4. The number of hydrogen-bond donors (Lipinski definition) is 2. The van der Waals surface area contributed by atoms with Gasteiger partial charge in [-0.1, -0.05) is 42.5 Å². The number of pyridine rings is 1. The first-order chi connectivity index (χ1) is 20.5. The van der Waals surface area contributed by atoms with Crippen molar-refractivity contribution in [3.63, 3.8) is 0 Å². The number of carbonyl (C=O) groups is 3. The largest absolute Gasteiger partial charge is 0.378 e. The summed E-state index contributed by atoms with van der Waals surface area (Å²) in [5.74, 6) is -1.55. The predicted octanol–water partition coefficient (Wildman–Crippen LogP) is 2.96. The zero-order valence-electron chi connectivity index (χ0n) is 23.1. The number of ether oxygens (including phenoxy) is 1. The Morgan fingerprint density at radius 1 is 0.952 bits per heavy atom. The fourth-order valence-electron chi connectivity index (χ4n) is 4.97. The Morgan fingerprint density at radius 3 is 2.55 bits per heavy atom. The molecule has 1 atom stereocenters. The molecule has 2 amide bonds. The third-order valence-electron chi connectivity index (χ3n) is 7.40. The van der Waals surface area contributed by atoms with Crippen molar-refractivity contribution in [2.24, 2.45) is 0 Å². The normalized spacial score (nSPS) is 15.6. The smallest absolute Gasteiger partial charge is 0.289 e. The van der Waals surface area contributed by atoms with Gasteiger partial charge >= 0.3 is 0 Å². The van der Waals surface area contributed by atoms with E-state index >= 15 is 0 Å². The van der Waals surface area contributed by atoms with Crippen LogP contribution in [0.1, 0.15) is 28.8 Å². The summed E-state index contributed by atoms with van der Waals surface area (Å²) in [7, 11) is 0. The summed E-state index contributed by atoms with van der Waals surface area (Å²) in [6.07, 6.45) is 5.24. The molecule has 2 aromatic heterocycles. The molecule has 2 fully saturated rings. The Bertz CT molecular complexity index is 1580. The lowest BCUT2D eigenvalue weighted by Gasteiger charge is -2.29. The SMILES string of the molecule is O=C(NC1CC1)C(=O)C(Cc1ccccc1)NC(=O)c1cccnc1-n1ccc(-c2cccc(N3CCOCC3)c2)n1. The number of anilines is 1. The summed E-state index contributed by atoms with van der Waals surface area (Å²) in [6.45, 7) is 3.07. The lowest BCUT2D eigenvalue weighted by molar-refractivity contribution is -0.139. The van der Waals surface area contributed by atoms with Crippen molar-refractivity contribution < 1.29 is 19.1 Å². The van der Waals surface area contributed by atoms with Crippen molar-refractivity contribution in [1.29, 1.82) is 0 Å². The molecule has 42 heavy (non-hydrogen) atoms. The molecule has 0 bridgehead atoms. The van der Waals surface area contributed by atoms with Gasteiger partial charge in [0.25, 0.3) is 11.8 Å². The van der Waals surface area contributed by atoms with E-state index in [0.717, 1.165) is 48.4 Å². The molecule has 2 aliphatic rings. The molecule has 10 heteroatoms. The van der Waals surface area contributed by atoms with E-state index in [1.807, 2.05) is 48.5 Å². The number of nitrogens with one attached hydrogen (secondary N) is 2. The zero-order chi connectivity index (χ0) is 28.9. The van der Waals surface area contributed by atoms with Gasteiger partial charge in [0.15, 0.2) is 5.82 Å². The highest BCUT2D eigenvalue weighted by Gasteiger charge is 2.32. The van der Waals surface area contributed by atoms with Gasteiger partial charge in [-0.25, -0.2) is 9.67 Å². The zero-order valence-corrected chi connectivity index (χ0v) is 23.1. The van der Waals surface area contributed by atoms with Gasteiger partial charge in [-0.15, -0.1) is 0 Å². The van der Waals surface area contributed by atoms with Crippen molar-refractivity contribution in [3.05, 3.63) is 96.3 Å². The van der Waals surface area contributed by atoms with Crippen LogP contribution in [0.3, 0.4) is 0 Å². The highest BCUT2D eigenvalue weighted by Crippen LogP contribution is 2.25. The van der Waals surface area contributed by atoms with Crippen LogP contribution in [0.15, 0.2) is 85.2 Å². The quantitative estimate of drug-likeness (QED) is 0.284. The third-order valence-corrected chi connectivity index (χ3v) is 7.40. The van der Waals surface area contributed by atoms with Crippen molar-refractivity contribution in [2.45, 2.75) is 31.3 Å². The first-order valence-electron chi connectivity index (χ1n) is 14.2. The Hall–Kier alpha value is -4.83. The molecule has 1 aliphatic carbocycles. The van der Waals surface area contributed by atoms with Crippen molar-refractivity contribution in [3.8, 4) is 17.1 Å². The monoisotopic (exact) mass is 564 g/mol. The summed E-state index contributed by atoms with van der Waals surface area (Å²) in [5, 5.41) is 10.3. The third kappa shape index (κ3) is 6.39. The molecule has 2 aromatic carbocycles. The van der Waals surface area contributed by atoms with Crippen LogP contribution < -0.4 is 15.5 Å². The molecule has 2 N–H and O–H groups in total. The molecule has 214 valence electrons. The second-order valence-corrected chi connectivity index (χ2v) is 10.5. The summed E-state index contributed by atoms with van der Waals surface area (Å²) in [5.41, 5.74) is 3.84. The number of morpholine rings is 1. The van der Waals surface area contributed by atoms with Gasteiger partial charge in [0.1, 0.15) is 6.04 Å². The van der Waals surface area contributed by atoms with Gasteiger partial charge in [0.05, 0.1) is 24.5 Å². The fourth-order valence-corrected chi connectivity index (χ4v) is 4.97. The van der Waals surface area contributed by atoms with Crippen LogP contribution in [-0.2, 0) is 20.7 Å². The molecule has 3 heterocycles. The topological polar surface area (TPSA) is 118 Å². The van der Waals surface area contributed by atoms with E-state index < -0.39 is 23.6 Å². The average molecular weight is 565 g/mol. The maximum absolute atomic E-state index is 13.6. The van der Waals surface area contributed by atoms with Crippen LogP contribution in [0.4, 0.5) is 5.69 Å². The van der Waals surface area contributed by atoms with Gasteiger partial charge in [-0.2, -0.15) is 5.10 Å². The van der Waals surface area contributed by atoms with Crippen molar-refractivity contribution in [1.82, 2.24) is 25.4 Å². The van der Waals surface area contributed by atoms with Gasteiger partial charge in [-0.3, -0.25) is 14.4 Å². The Balaban J connectivity index is 1.23. The van der Waals surface area contributed by atoms with Gasteiger partial charge < -0.3 is 20.3 Å². The second-order valence-electron chi connectivity index (χ2n) is 10.5. The van der Waals surface area contributed by atoms with E-state index in [4.69, 9.17) is 9.84 Å². The molecular formula is C32H32N6O4. The average Bonchev–Trinajstić information content (AvgIpc) is 3.72. The molecule has 6 rings (SSSR count). The summed E-state index contributed by atoms with van der Waals surface area (Å²) in [4.78, 5) is 46.1. The maximum Gasteiger partial charge on any atom is 0.289 e. The minimum Gasteiger partial charge on any atom is -0.378 e. The summed E-state index contributed by atoms with van der Waals surface area (Å²) in [6, 6.07) is 21.6. The number of aromatic nitrogens is 3. The van der Waals surface area contributed by atoms with Crippen LogP contribution in [-0.4, -0.2) is 70.7 Å². The van der Waals surface area contributed by atoms with Crippen LogP contribution in [0, 0.1) is 0 Å². The predicted molar refractivity (Wildman–Crippen MR) is 157 cm³/mol.